The number of aryl methyl sites for hydroxylation is 1. The average Bonchev–Trinajstić information content (AvgIpc) is 2.50. The highest BCUT2D eigenvalue weighted by molar-refractivity contribution is 4.92. The molecule has 1 rings (SSSR count). The van der Waals surface area contributed by atoms with E-state index in [1.165, 1.54) is 0 Å². The molecule has 4 heteroatoms. The first kappa shape index (κ1) is 13.2. The lowest BCUT2D eigenvalue weighted by molar-refractivity contribution is 0.235. The van der Waals surface area contributed by atoms with Crippen LogP contribution in [-0.4, -0.2) is 33.6 Å². The fraction of sp³-hybridized carbons (Fsp3) is 0.750. The molecule has 0 spiro atoms. The first-order valence-corrected chi connectivity index (χ1v) is 5.88. The lowest BCUT2D eigenvalue weighted by Gasteiger charge is -2.29. The first-order chi connectivity index (χ1) is 7.44. The van der Waals surface area contributed by atoms with Crippen LogP contribution in [0.1, 0.15) is 32.5 Å². The molecule has 1 aromatic rings. The monoisotopic (exact) mass is 224 g/mol. The summed E-state index contributed by atoms with van der Waals surface area (Å²) in [6.45, 7) is 6.03. The molecule has 0 aliphatic rings. The van der Waals surface area contributed by atoms with E-state index >= 15 is 0 Å². The van der Waals surface area contributed by atoms with Crippen LogP contribution in [0.4, 0.5) is 0 Å². The fourth-order valence-electron chi connectivity index (χ4n) is 2.11. The standard InChI is InChI=1S/C12H24N4/c1-5-6-12(2,13)10-15(3)9-11-14-7-8-16(11)4/h7-8H,5-6,9-10,13H2,1-4H3. The number of hydrogen-bond acceptors (Lipinski definition) is 3. The van der Waals surface area contributed by atoms with Crippen LogP contribution in [0.5, 0.6) is 0 Å². The molecule has 0 saturated carbocycles. The SMILES string of the molecule is CCCC(C)(N)CN(C)Cc1nccn1C. The Morgan fingerprint density at radius 3 is 2.75 bits per heavy atom. The van der Waals surface area contributed by atoms with E-state index in [0.717, 1.165) is 31.8 Å². The van der Waals surface area contributed by atoms with Crippen LogP contribution in [0.2, 0.25) is 0 Å². The molecule has 2 N–H and O–H groups in total. The van der Waals surface area contributed by atoms with Gasteiger partial charge in [-0.15, -0.1) is 0 Å². The van der Waals surface area contributed by atoms with Crippen molar-refractivity contribution in [3.63, 3.8) is 0 Å². The van der Waals surface area contributed by atoms with E-state index < -0.39 is 0 Å². The van der Waals surface area contributed by atoms with E-state index in [9.17, 15) is 0 Å². The number of aromatic nitrogens is 2. The molecule has 1 unspecified atom stereocenters. The van der Waals surface area contributed by atoms with Crippen LogP contribution in [-0.2, 0) is 13.6 Å². The van der Waals surface area contributed by atoms with Crippen molar-refractivity contribution in [3.05, 3.63) is 18.2 Å². The summed E-state index contributed by atoms with van der Waals surface area (Å²) in [7, 11) is 4.11. The topological polar surface area (TPSA) is 47.1 Å². The van der Waals surface area contributed by atoms with Crippen LogP contribution in [0.15, 0.2) is 12.4 Å². The minimum atomic E-state index is -0.103. The van der Waals surface area contributed by atoms with Gasteiger partial charge >= 0.3 is 0 Å². The number of imidazole rings is 1. The molecule has 0 fully saturated rings. The number of hydrogen-bond donors (Lipinski definition) is 1. The molecular formula is C12H24N4. The molecule has 0 amide bonds. The van der Waals surface area contributed by atoms with E-state index in [1.807, 2.05) is 24.0 Å². The van der Waals surface area contributed by atoms with Crippen molar-refractivity contribution in [1.82, 2.24) is 14.5 Å². The van der Waals surface area contributed by atoms with Gasteiger partial charge in [-0.3, -0.25) is 4.90 Å². The molecule has 0 aliphatic carbocycles. The van der Waals surface area contributed by atoms with Crippen LogP contribution in [0.3, 0.4) is 0 Å². The second kappa shape index (κ2) is 5.46. The molecule has 1 atom stereocenters. The molecule has 92 valence electrons. The van der Waals surface area contributed by atoms with Gasteiger partial charge in [-0.05, 0) is 20.4 Å². The Bertz CT molecular complexity index is 317. The molecule has 0 saturated heterocycles. The molecule has 1 heterocycles. The van der Waals surface area contributed by atoms with Crippen molar-refractivity contribution in [3.8, 4) is 0 Å². The molecule has 0 aromatic carbocycles. The lowest BCUT2D eigenvalue weighted by Crippen LogP contribution is -2.46. The number of nitrogens with two attached hydrogens (primary N) is 1. The van der Waals surface area contributed by atoms with E-state index in [2.05, 4.69) is 30.8 Å². The minimum Gasteiger partial charge on any atom is -0.337 e. The Hall–Kier alpha value is -0.870. The van der Waals surface area contributed by atoms with Gasteiger partial charge in [0.25, 0.3) is 0 Å². The van der Waals surface area contributed by atoms with E-state index in [-0.39, 0.29) is 5.54 Å². The van der Waals surface area contributed by atoms with Gasteiger partial charge in [0.15, 0.2) is 0 Å². The number of nitrogens with zero attached hydrogens (tertiary/aromatic N) is 3. The minimum absolute atomic E-state index is 0.103. The Labute approximate surface area is 98.5 Å². The number of rotatable bonds is 6. The third kappa shape index (κ3) is 3.94. The van der Waals surface area contributed by atoms with Crippen molar-refractivity contribution >= 4 is 0 Å². The van der Waals surface area contributed by atoms with Crippen LogP contribution < -0.4 is 5.73 Å². The van der Waals surface area contributed by atoms with E-state index in [4.69, 9.17) is 5.73 Å². The molecule has 0 aliphatic heterocycles. The lowest BCUT2D eigenvalue weighted by atomic mass is 9.97. The Balaban J connectivity index is 2.47. The van der Waals surface area contributed by atoms with Crippen molar-refractivity contribution in [2.45, 2.75) is 38.8 Å². The predicted octanol–water partition coefficient (Wildman–Crippen LogP) is 1.37. The molecule has 0 bridgehead atoms. The summed E-state index contributed by atoms with van der Waals surface area (Å²) in [5, 5.41) is 0. The van der Waals surface area contributed by atoms with Crippen molar-refractivity contribution in [2.75, 3.05) is 13.6 Å². The van der Waals surface area contributed by atoms with Gasteiger partial charge in [-0.25, -0.2) is 4.98 Å². The van der Waals surface area contributed by atoms with Crippen molar-refractivity contribution in [1.29, 1.82) is 0 Å². The molecule has 4 nitrogen and oxygen atoms in total. The van der Waals surface area contributed by atoms with E-state index in [0.29, 0.717) is 0 Å². The highest BCUT2D eigenvalue weighted by atomic mass is 15.2. The zero-order chi connectivity index (χ0) is 12.2. The highest BCUT2D eigenvalue weighted by Crippen LogP contribution is 2.11. The van der Waals surface area contributed by atoms with Crippen LogP contribution >= 0.6 is 0 Å². The largest absolute Gasteiger partial charge is 0.337 e. The van der Waals surface area contributed by atoms with Gasteiger partial charge in [0, 0.05) is 31.5 Å². The molecule has 0 radical (unpaired) electrons. The van der Waals surface area contributed by atoms with Crippen LogP contribution in [0.25, 0.3) is 0 Å². The van der Waals surface area contributed by atoms with Gasteiger partial charge in [-0.2, -0.15) is 0 Å². The second-order valence-corrected chi connectivity index (χ2v) is 5.03. The summed E-state index contributed by atoms with van der Waals surface area (Å²) in [6, 6.07) is 0. The third-order valence-electron chi connectivity index (χ3n) is 2.78. The summed E-state index contributed by atoms with van der Waals surface area (Å²) in [5.41, 5.74) is 6.12. The first-order valence-electron chi connectivity index (χ1n) is 5.88. The summed E-state index contributed by atoms with van der Waals surface area (Å²) >= 11 is 0. The molecule has 1 aromatic heterocycles. The fourth-order valence-corrected chi connectivity index (χ4v) is 2.11. The maximum absolute atomic E-state index is 6.23. The summed E-state index contributed by atoms with van der Waals surface area (Å²) < 4.78 is 2.05. The second-order valence-electron chi connectivity index (χ2n) is 5.03. The van der Waals surface area contributed by atoms with Crippen molar-refractivity contribution < 1.29 is 0 Å². The normalized spacial score (nSPS) is 15.4. The van der Waals surface area contributed by atoms with Gasteiger partial charge in [0.2, 0.25) is 0 Å². The van der Waals surface area contributed by atoms with Gasteiger partial charge in [-0.1, -0.05) is 13.3 Å². The molecular weight excluding hydrogens is 200 g/mol. The summed E-state index contributed by atoms with van der Waals surface area (Å²) in [4.78, 5) is 6.55. The van der Waals surface area contributed by atoms with E-state index in [1.54, 1.807) is 0 Å². The zero-order valence-corrected chi connectivity index (χ0v) is 10.9. The molecule has 16 heavy (non-hydrogen) atoms. The maximum Gasteiger partial charge on any atom is 0.122 e. The smallest absolute Gasteiger partial charge is 0.122 e. The predicted molar refractivity (Wildman–Crippen MR) is 67.0 cm³/mol. The van der Waals surface area contributed by atoms with Gasteiger partial charge < -0.3 is 10.3 Å². The maximum atomic E-state index is 6.23. The Kier molecular flexibility index (Phi) is 4.50. The summed E-state index contributed by atoms with van der Waals surface area (Å²) in [6.07, 6.45) is 5.98. The average molecular weight is 224 g/mol. The third-order valence-corrected chi connectivity index (χ3v) is 2.78. The van der Waals surface area contributed by atoms with Crippen molar-refractivity contribution in [2.24, 2.45) is 12.8 Å². The highest BCUT2D eigenvalue weighted by Gasteiger charge is 2.19. The summed E-state index contributed by atoms with van der Waals surface area (Å²) in [5.74, 6) is 1.08. The van der Waals surface area contributed by atoms with Gasteiger partial charge in [0.05, 0.1) is 6.54 Å². The quantitative estimate of drug-likeness (QED) is 0.794. The van der Waals surface area contributed by atoms with Crippen LogP contribution in [0, 0.1) is 0 Å². The zero-order valence-electron chi connectivity index (χ0n) is 10.9. The Morgan fingerprint density at radius 1 is 1.56 bits per heavy atom. The Morgan fingerprint density at radius 2 is 2.25 bits per heavy atom. The number of likely N-dealkylation sites (N-methyl/N-ethyl adjacent to an activating group) is 1. The van der Waals surface area contributed by atoms with Gasteiger partial charge in [0.1, 0.15) is 5.82 Å².